The van der Waals surface area contributed by atoms with E-state index < -0.39 is 0 Å². The molecule has 4 rings (SSSR count). The molecule has 154 valence electrons. The van der Waals surface area contributed by atoms with Crippen LogP contribution in [0, 0.1) is 6.92 Å². The number of fused-ring (bicyclic) bond motifs is 1. The van der Waals surface area contributed by atoms with E-state index in [1.165, 1.54) is 0 Å². The maximum Gasteiger partial charge on any atom is 0.259 e. The van der Waals surface area contributed by atoms with Crippen LogP contribution in [0.3, 0.4) is 0 Å². The van der Waals surface area contributed by atoms with Crippen molar-refractivity contribution in [2.45, 2.75) is 32.7 Å². The van der Waals surface area contributed by atoms with Crippen LogP contribution in [0.1, 0.15) is 35.2 Å². The lowest BCUT2D eigenvalue weighted by atomic mass is 10.0. The molecule has 1 atom stereocenters. The Labute approximate surface area is 179 Å². The number of pyridine rings is 1. The van der Waals surface area contributed by atoms with Gasteiger partial charge in [-0.1, -0.05) is 28.9 Å². The molecule has 0 bridgehead atoms. The van der Waals surface area contributed by atoms with Crippen molar-refractivity contribution < 1.29 is 13.7 Å². The van der Waals surface area contributed by atoms with Crippen molar-refractivity contribution in [3.8, 4) is 11.3 Å². The van der Waals surface area contributed by atoms with Crippen molar-refractivity contribution in [3.05, 3.63) is 70.8 Å². The quantitative estimate of drug-likeness (QED) is 0.407. The second-order valence-electron chi connectivity index (χ2n) is 7.39. The third-order valence-corrected chi connectivity index (χ3v) is 5.61. The van der Waals surface area contributed by atoms with E-state index in [9.17, 15) is 4.79 Å². The fourth-order valence-corrected chi connectivity index (χ4v) is 3.55. The van der Waals surface area contributed by atoms with Crippen molar-refractivity contribution in [3.63, 3.8) is 0 Å². The minimum Gasteiger partial charge on any atom is -0.469 e. The predicted octanol–water partition coefficient (Wildman–Crippen LogP) is 5.54. The maximum atomic E-state index is 13.4. The van der Waals surface area contributed by atoms with Crippen molar-refractivity contribution in [2.24, 2.45) is 0 Å². The van der Waals surface area contributed by atoms with Crippen LogP contribution < -0.4 is 0 Å². The van der Waals surface area contributed by atoms with E-state index in [-0.39, 0.29) is 11.9 Å². The molecule has 0 aliphatic carbocycles. The molecular formula is C23H22ClN3O3. The SMILES string of the molecule is Cc1noc2nc(-c3ccc(Cl)cc3)cc(C(=O)N(C)C(C)CCc3ccco3)c12. The Morgan fingerprint density at radius 1 is 1.23 bits per heavy atom. The van der Waals surface area contributed by atoms with Crippen LogP contribution in [0.2, 0.25) is 5.02 Å². The van der Waals surface area contributed by atoms with Crippen LogP contribution in [0.15, 0.2) is 57.7 Å². The van der Waals surface area contributed by atoms with E-state index in [0.717, 1.165) is 24.2 Å². The van der Waals surface area contributed by atoms with E-state index in [4.69, 9.17) is 20.5 Å². The van der Waals surface area contributed by atoms with Gasteiger partial charge in [0.05, 0.1) is 28.6 Å². The summed E-state index contributed by atoms with van der Waals surface area (Å²) in [4.78, 5) is 19.7. The number of halogens is 1. The summed E-state index contributed by atoms with van der Waals surface area (Å²) in [6, 6.07) is 12.9. The molecule has 30 heavy (non-hydrogen) atoms. The van der Waals surface area contributed by atoms with Gasteiger partial charge in [-0.2, -0.15) is 0 Å². The number of furan rings is 1. The number of aromatic nitrogens is 2. The summed E-state index contributed by atoms with van der Waals surface area (Å²) in [6.45, 7) is 3.84. The van der Waals surface area contributed by atoms with Crippen molar-refractivity contribution in [1.29, 1.82) is 0 Å². The van der Waals surface area contributed by atoms with Gasteiger partial charge >= 0.3 is 0 Å². The lowest BCUT2D eigenvalue weighted by Gasteiger charge is -2.25. The molecule has 4 aromatic rings. The van der Waals surface area contributed by atoms with Gasteiger partial charge in [0, 0.05) is 30.1 Å². The molecule has 7 heteroatoms. The highest BCUT2D eigenvalue weighted by Gasteiger charge is 2.24. The fraction of sp³-hybridized carbons (Fsp3) is 0.261. The summed E-state index contributed by atoms with van der Waals surface area (Å²) in [5.41, 5.74) is 2.99. The van der Waals surface area contributed by atoms with Gasteiger partial charge in [0.2, 0.25) is 0 Å². The van der Waals surface area contributed by atoms with Gasteiger partial charge in [-0.15, -0.1) is 0 Å². The largest absolute Gasteiger partial charge is 0.469 e. The zero-order valence-corrected chi connectivity index (χ0v) is 17.8. The summed E-state index contributed by atoms with van der Waals surface area (Å²) in [7, 11) is 1.81. The number of rotatable bonds is 6. The van der Waals surface area contributed by atoms with Crippen molar-refractivity contribution in [2.75, 3.05) is 7.05 Å². The molecule has 0 saturated heterocycles. The molecule has 0 radical (unpaired) electrons. The van der Waals surface area contributed by atoms with Gasteiger partial charge in [-0.25, -0.2) is 4.98 Å². The number of benzene rings is 1. The van der Waals surface area contributed by atoms with Crippen LogP contribution >= 0.6 is 11.6 Å². The Kier molecular flexibility index (Phi) is 5.59. The Hall–Kier alpha value is -3.12. The van der Waals surface area contributed by atoms with Gasteiger partial charge in [0.15, 0.2) is 0 Å². The molecule has 1 unspecified atom stereocenters. The van der Waals surface area contributed by atoms with Crippen LogP contribution in [-0.2, 0) is 6.42 Å². The van der Waals surface area contributed by atoms with Crippen LogP contribution in [0.25, 0.3) is 22.4 Å². The molecule has 0 N–H and O–H groups in total. The monoisotopic (exact) mass is 423 g/mol. The summed E-state index contributed by atoms with van der Waals surface area (Å²) >= 11 is 6.01. The number of carbonyl (C=O) groups is 1. The van der Waals surface area contributed by atoms with E-state index in [1.807, 2.05) is 45.2 Å². The minimum absolute atomic E-state index is 0.0185. The molecule has 1 amide bonds. The summed E-state index contributed by atoms with van der Waals surface area (Å²) in [5.74, 6) is 0.810. The topological polar surface area (TPSA) is 72.4 Å². The Morgan fingerprint density at radius 2 is 2.00 bits per heavy atom. The first-order chi connectivity index (χ1) is 14.4. The Bertz CT molecular complexity index is 1170. The van der Waals surface area contributed by atoms with E-state index >= 15 is 0 Å². The first kappa shape index (κ1) is 20.2. The number of aryl methyl sites for hydroxylation is 2. The lowest BCUT2D eigenvalue weighted by molar-refractivity contribution is 0.0738. The zero-order chi connectivity index (χ0) is 21.3. The number of carbonyl (C=O) groups excluding carboxylic acids is 1. The van der Waals surface area contributed by atoms with E-state index in [0.29, 0.717) is 33.1 Å². The third kappa shape index (κ3) is 3.96. The molecule has 0 saturated carbocycles. The standard InChI is InChI=1S/C23H22ClN3O3/c1-14(6-11-18-5-4-12-29-18)27(3)23(28)19-13-20(16-7-9-17(24)10-8-16)25-22-21(19)15(2)26-30-22/h4-5,7-10,12-14H,6,11H2,1-3H3. The first-order valence-corrected chi connectivity index (χ1v) is 10.1. The fourth-order valence-electron chi connectivity index (χ4n) is 3.42. The molecule has 3 heterocycles. The zero-order valence-electron chi connectivity index (χ0n) is 17.1. The Balaban J connectivity index is 1.66. The highest BCUT2D eigenvalue weighted by atomic mass is 35.5. The van der Waals surface area contributed by atoms with Gasteiger partial charge in [-0.05, 0) is 50.6 Å². The highest BCUT2D eigenvalue weighted by molar-refractivity contribution is 6.30. The van der Waals surface area contributed by atoms with Gasteiger partial charge in [0.1, 0.15) is 5.76 Å². The number of hydrogen-bond donors (Lipinski definition) is 0. The minimum atomic E-state index is -0.101. The predicted molar refractivity (Wildman–Crippen MR) is 116 cm³/mol. The van der Waals surface area contributed by atoms with Crippen LogP contribution in [-0.4, -0.2) is 34.0 Å². The molecule has 0 aliphatic rings. The first-order valence-electron chi connectivity index (χ1n) is 9.76. The molecule has 0 spiro atoms. The number of amides is 1. The second-order valence-corrected chi connectivity index (χ2v) is 7.83. The van der Waals surface area contributed by atoms with E-state index in [1.54, 1.807) is 29.4 Å². The molecule has 0 fully saturated rings. The van der Waals surface area contributed by atoms with Gasteiger partial charge < -0.3 is 13.8 Å². The van der Waals surface area contributed by atoms with Crippen LogP contribution in [0.4, 0.5) is 0 Å². The molecule has 3 aromatic heterocycles. The van der Waals surface area contributed by atoms with Gasteiger partial charge in [-0.3, -0.25) is 4.79 Å². The maximum absolute atomic E-state index is 13.4. The smallest absolute Gasteiger partial charge is 0.259 e. The molecule has 0 aliphatic heterocycles. The van der Waals surface area contributed by atoms with Crippen LogP contribution in [0.5, 0.6) is 0 Å². The lowest BCUT2D eigenvalue weighted by Crippen LogP contribution is -2.35. The molecule has 1 aromatic carbocycles. The van der Waals surface area contributed by atoms with Crippen molar-refractivity contribution >= 4 is 28.6 Å². The summed E-state index contributed by atoms with van der Waals surface area (Å²) < 4.78 is 10.8. The van der Waals surface area contributed by atoms with Crippen molar-refractivity contribution in [1.82, 2.24) is 15.0 Å². The second kappa shape index (κ2) is 8.32. The average Bonchev–Trinajstić information content (AvgIpc) is 3.41. The number of nitrogens with zero attached hydrogens (tertiary/aromatic N) is 3. The summed E-state index contributed by atoms with van der Waals surface area (Å²) in [5, 5.41) is 5.30. The highest BCUT2D eigenvalue weighted by Crippen LogP contribution is 2.29. The summed E-state index contributed by atoms with van der Waals surface area (Å²) in [6.07, 6.45) is 3.21. The Morgan fingerprint density at radius 3 is 2.70 bits per heavy atom. The van der Waals surface area contributed by atoms with E-state index in [2.05, 4.69) is 10.1 Å². The third-order valence-electron chi connectivity index (χ3n) is 5.36. The number of hydrogen-bond acceptors (Lipinski definition) is 5. The average molecular weight is 424 g/mol. The molecular weight excluding hydrogens is 402 g/mol. The van der Waals surface area contributed by atoms with Gasteiger partial charge in [0.25, 0.3) is 11.6 Å². The normalized spacial score (nSPS) is 12.3. The molecule has 6 nitrogen and oxygen atoms in total.